The molecule has 12 heavy (non-hydrogen) atoms. The van der Waals surface area contributed by atoms with Crippen molar-refractivity contribution < 1.29 is 5.03 Å². The van der Waals surface area contributed by atoms with Gasteiger partial charge in [0.1, 0.15) is 0 Å². The van der Waals surface area contributed by atoms with Crippen LogP contribution in [0.15, 0.2) is 16.6 Å². The maximum atomic E-state index is 9.85. The molecule has 1 aromatic rings. The first-order chi connectivity index (χ1) is 5.68. The minimum Gasteiger partial charge on any atom is -0.365 e. The van der Waals surface area contributed by atoms with Gasteiger partial charge >= 0.3 is 0 Å². The number of aliphatic imine (C=N–C) groups is 1. The lowest BCUT2D eigenvalue weighted by molar-refractivity contribution is -0.525. The fourth-order valence-electron chi connectivity index (χ4n) is 0.493. The summed E-state index contributed by atoms with van der Waals surface area (Å²) in [4.78, 5) is 17.2. The Morgan fingerprint density at radius 2 is 2.67 bits per heavy atom. The molecule has 8 heteroatoms. The zero-order valence-electron chi connectivity index (χ0n) is 5.80. The number of thiazole rings is 1. The SMILES string of the molecule is NC(=Nc1nccs1)N[N+](=O)[O-]. The molecular formula is C4H5N5O2S. The molecule has 0 saturated heterocycles. The van der Waals surface area contributed by atoms with Crippen LogP contribution < -0.4 is 11.2 Å². The molecule has 64 valence electrons. The van der Waals surface area contributed by atoms with Crippen molar-refractivity contribution in [2.24, 2.45) is 10.7 Å². The van der Waals surface area contributed by atoms with Gasteiger partial charge in [-0.2, -0.15) is 4.99 Å². The van der Waals surface area contributed by atoms with Gasteiger partial charge in [0.2, 0.25) is 5.13 Å². The normalized spacial score (nSPS) is 11.2. The van der Waals surface area contributed by atoms with Crippen molar-refractivity contribution in [3.8, 4) is 0 Å². The lowest BCUT2D eigenvalue weighted by Crippen LogP contribution is -2.35. The summed E-state index contributed by atoms with van der Waals surface area (Å²) in [6, 6.07) is 0. The van der Waals surface area contributed by atoms with Gasteiger partial charge in [-0.25, -0.2) is 15.1 Å². The summed E-state index contributed by atoms with van der Waals surface area (Å²) in [5.41, 5.74) is 6.83. The first-order valence-corrected chi connectivity index (χ1v) is 3.71. The third kappa shape index (κ3) is 2.50. The van der Waals surface area contributed by atoms with Gasteiger partial charge in [-0.3, -0.25) is 0 Å². The van der Waals surface area contributed by atoms with E-state index in [2.05, 4.69) is 9.98 Å². The maximum Gasteiger partial charge on any atom is 0.258 e. The standard InChI is InChI=1S/C4H5N5O2S/c5-3(8-9(10)11)7-4-6-1-2-12-4/h1-2H,(H3,5,6,7,8). The molecule has 0 aliphatic rings. The quantitative estimate of drug-likeness (QED) is 0.290. The van der Waals surface area contributed by atoms with Crippen LogP contribution in [0.2, 0.25) is 0 Å². The van der Waals surface area contributed by atoms with E-state index in [0.717, 1.165) is 0 Å². The van der Waals surface area contributed by atoms with Crippen LogP contribution in [0, 0.1) is 10.1 Å². The predicted octanol–water partition coefficient (Wildman–Crippen LogP) is -0.129. The molecule has 1 rings (SSSR count). The van der Waals surface area contributed by atoms with Crippen LogP contribution in [0.1, 0.15) is 0 Å². The number of nitro groups is 1. The minimum atomic E-state index is -0.785. The number of hydrogen-bond acceptors (Lipinski definition) is 5. The van der Waals surface area contributed by atoms with Crippen LogP contribution in [-0.2, 0) is 0 Å². The Morgan fingerprint density at radius 3 is 3.17 bits per heavy atom. The topological polar surface area (TPSA) is 106 Å². The summed E-state index contributed by atoms with van der Waals surface area (Å²) in [6.07, 6.45) is 1.53. The van der Waals surface area contributed by atoms with Crippen molar-refractivity contribution in [3.63, 3.8) is 0 Å². The van der Waals surface area contributed by atoms with Crippen LogP contribution in [-0.4, -0.2) is 16.0 Å². The Labute approximate surface area is 71.1 Å². The molecule has 0 atom stereocenters. The van der Waals surface area contributed by atoms with Crippen LogP contribution in [0.25, 0.3) is 0 Å². The molecule has 1 heterocycles. The average Bonchev–Trinajstić information content (AvgIpc) is 2.37. The molecule has 0 aromatic carbocycles. The van der Waals surface area contributed by atoms with E-state index < -0.39 is 5.03 Å². The number of nitrogens with zero attached hydrogens (tertiary/aromatic N) is 3. The summed E-state index contributed by atoms with van der Waals surface area (Å²) >= 11 is 1.24. The van der Waals surface area contributed by atoms with Crippen LogP contribution in [0.4, 0.5) is 5.13 Å². The number of guanidine groups is 1. The molecule has 0 spiro atoms. The molecule has 0 saturated carbocycles. The molecule has 0 radical (unpaired) electrons. The van der Waals surface area contributed by atoms with Crippen molar-refractivity contribution in [3.05, 3.63) is 21.7 Å². The van der Waals surface area contributed by atoms with Gasteiger partial charge in [-0.05, 0) is 0 Å². The van der Waals surface area contributed by atoms with Crippen molar-refractivity contribution in [1.82, 2.24) is 10.4 Å². The van der Waals surface area contributed by atoms with E-state index in [9.17, 15) is 10.1 Å². The Bertz CT molecular complexity index is 294. The second kappa shape index (κ2) is 3.62. The van der Waals surface area contributed by atoms with Crippen molar-refractivity contribution in [2.75, 3.05) is 0 Å². The highest BCUT2D eigenvalue weighted by Crippen LogP contribution is 2.13. The van der Waals surface area contributed by atoms with Crippen molar-refractivity contribution in [1.29, 1.82) is 0 Å². The van der Waals surface area contributed by atoms with Gasteiger partial charge in [-0.1, -0.05) is 5.43 Å². The number of aromatic nitrogens is 1. The van der Waals surface area contributed by atoms with E-state index >= 15 is 0 Å². The summed E-state index contributed by atoms with van der Waals surface area (Å²) in [5, 5.41) is 11.1. The van der Waals surface area contributed by atoms with E-state index in [0.29, 0.717) is 5.13 Å². The first-order valence-electron chi connectivity index (χ1n) is 2.83. The Balaban J connectivity index is 2.63. The highest BCUT2D eigenvalue weighted by molar-refractivity contribution is 7.13. The minimum absolute atomic E-state index is 0.282. The molecule has 1 aromatic heterocycles. The number of rotatable bonds is 2. The second-order valence-electron chi connectivity index (χ2n) is 1.68. The largest absolute Gasteiger partial charge is 0.365 e. The monoisotopic (exact) mass is 187 g/mol. The van der Waals surface area contributed by atoms with Gasteiger partial charge in [0.05, 0.1) is 0 Å². The van der Waals surface area contributed by atoms with Gasteiger partial charge in [0, 0.05) is 11.6 Å². The zero-order chi connectivity index (χ0) is 8.97. The molecule has 0 aliphatic heterocycles. The third-order valence-electron chi connectivity index (χ3n) is 0.841. The molecule has 0 bridgehead atoms. The molecule has 7 nitrogen and oxygen atoms in total. The fraction of sp³-hybridized carbons (Fsp3) is 0. The van der Waals surface area contributed by atoms with E-state index in [-0.39, 0.29) is 5.96 Å². The van der Waals surface area contributed by atoms with Gasteiger partial charge in [-0.15, -0.1) is 11.3 Å². The highest BCUT2D eigenvalue weighted by atomic mass is 32.1. The van der Waals surface area contributed by atoms with Gasteiger partial charge in [0.15, 0.2) is 5.03 Å². The Kier molecular flexibility index (Phi) is 2.53. The van der Waals surface area contributed by atoms with Crippen molar-refractivity contribution >= 4 is 22.4 Å². The second-order valence-corrected chi connectivity index (χ2v) is 2.55. The Hall–Kier alpha value is -1.70. The molecule has 0 unspecified atom stereocenters. The molecule has 0 aliphatic carbocycles. The number of nitrogens with one attached hydrogen (secondary N) is 1. The first kappa shape index (κ1) is 8.40. The maximum absolute atomic E-state index is 9.85. The average molecular weight is 187 g/mol. The van der Waals surface area contributed by atoms with Gasteiger partial charge in [0.25, 0.3) is 5.96 Å². The number of nitrogens with two attached hydrogens (primary N) is 1. The number of hydrogen-bond donors (Lipinski definition) is 2. The van der Waals surface area contributed by atoms with E-state index in [1.807, 2.05) is 0 Å². The lowest BCUT2D eigenvalue weighted by Gasteiger charge is -1.92. The Morgan fingerprint density at radius 1 is 1.92 bits per heavy atom. The fourth-order valence-corrected chi connectivity index (χ4v) is 1.01. The van der Waals surface area contributed by atoms with E-state index in [1.54, 1.807) is 10.8 Å². The smallest absolute Gasteiger partial charge is 0.258 e. The zero-order valence-corrected chi connectivity index (χ0v) is 6.61. The van der Waals surface area contributed by atoms with E-state index in [4.69, 9.17) is 5.73 Å². The summed E-state index contributed by atoms with van der Waals surface area (Å²) < 4.78 is 0. The summed E-state index contributed by atoms with van der Waals surface area (Å²) in [5.74, 6) is -0.282. The predicted molar refractivity (Wildman–Crippen MR) is 43.5 cm³/mol. The van der Waals surface area contributed by atoms with Crippen LogP contribution in [0.5, 0.6) is 0 Å². The molecule has 0 fully saturated rings. The molecular weight excluding hydrogens is 182 g/mol. The van der Waals surface area contributed by atoms with E-state index in [1.165, 1.54) is 17.5 Å². The van der Waals surface area contributed by atoms with Crippen LogP contribution in [0.3, 0.4) is 0 Å². The van der Waals surface area contributed by atoms with Gasteiger partial charge < -0.3 is 5.73 Å². The third-order valence-corrected chi connectivity index (χ3v) is 1.51. The summed E-state index contributed by atoms with van der Waals surface area (Å²) in [6.45, 7) is 0. The highest BCUT2D eigenvalue weighted by Gasteiger charge is 1.99. The molecule has 3 N–H and O–H groups in total. The van der Waals surface area contributed by atoms with Crippen molar-refractivity contribution in [2.45, 2.75) is 0 Å². The molecule has 0 amide bonds. The summed E-state index contributed by atoms with van der Waals surface area (Å²) in [7, 11) is 0. The lowest BCUT2D eigenvalue weighted by atomic mass is 11.0. The number of hydrazine groups is 1. The van der Waals surface area contributed by atoms with Crippen LogP contribution >= 0.6 is 11.3 Å².